The topological polar surface area (TPSA) is 6.48 Å². The molecule has 0 atom stereocenters. The zero-order valence-corrected chi connectivity index (χ0v) is 27.2. The minimum absolute atomic E-state index is 0.867. The SMILES string of the molecule is C/C=C\CC1=CCC(N(C(/C=C\C)=C(C)C)c2ccc(N(c3ccccc3)c3ccc(-c4ccccc4)cc3)cc2)=C(C)C=C1. The third-order valence-electron chi connectivity index (χ3n) is 8.11. The van der Waals surface area contributed by atoms with Crippen LogP contribution in [-0.4, -0.2) is 0 Å². The third-order valence-corrected chi connectivity index (χ3v) is 8.11. The van der Waals surface area contributed by atoms with E-state index >= 15 is 0 Å². The van der Waals surface area contributed by atoms with Gasteiger partial charge in [0.2, 0.25) is 0 Å². The number of nitrogens with zero attached hydrogens (tertiary/aromatic N) is 2. The number of para-hydroxylation sites is 1. The lowest BCUT2D eigenvalue weighted by Gasteiger charge is -2.32. The van der Waals surface area contributed by atoms with Crippen LogP contribution in [0.4, 0.5) is 22.7 Å². The van der Waals surface area contributed by atoms with Crippen molar-refractivity contribution in [2.24, 2.45) is 0 Å². The normalized spacial score (nSPS) is 13.2. The third kappa shape index (κ3) is 7.53. The van der Waals surface area contributed by atoms with Crippen molar-refractivity contribution in [3.05, 3.63) is 180 Å². The number of allylic oxidation sites excluding steroid dienone is 10. The molecule has 0 unspecified atom stereocenters. The summed E-state index contributed by atoms with van der Waals surface area (Å²) in [4.78, 5) is 4.77. The Kier molecular flexibility index (Phi) is 10.5. The first-order valence-corrected chi connectivity index (χ1v) is 15.9. The molecule has 0 radical (unpaired) electrons. The van der Waals surface area contributed by atoms with Gasteiger partial charge in [0.1, 0.15) is 0 Å². The van der Waals surface area contributed by atoms with Gasteiger partial charge in [0.05, 0.1) is 0 Å². The molecule has 4 aromatic carbocycles. The van der Waals surface area contributed by atoms with Crippen molar-refractivity contribution in [3.63, 3.8) is 0 Å². The second-order valence-electron chi connectivity index (χ2n) is 11.5. The molecule has 0 saturated heterocycles. The molecule has 0 bridgehead atoms. The molecule has 5 rings (SSSR count). The molecule has 45 heavy (non-hydrogen) atoms. The standard InChI is InChI=1S/C43H44N2/c1-6-8-16-35-22-21-34(5)43(32-23-35)45(42(15-7-2)33(3)4)41-30-28-40(29-31-41)44(38-19-13-10-14-20-38)39-26-24-37(25-27-39)36-17-11-9-12-18-36/h6-15,17-31H,16,32H2,1-5H3/b8-6-,15-7-. The van der Waals surface area contributed by atoms with Crippen LogP contribution in [0, 0.1) is 0 Å². The summed E-state index contributed by atoms with van der Waals surface area (Å²) in [5.74, 6) is 0. The van der Waals surface area contributed by atoms with E-state index in [4.69, 9.17) is 0 Å². The Morgan fingerprint density at radius 1 is 0.644 bits per heavy atom. The Balaban J connectivity index is 1.55. The maximum Gasteiger partial charge on any atom is 0.0463 e. The first-order chi connectivity index (χ1) is 22.0. The number of rotatable bonds is 10. The van der Waals surface area contributed by atoms with Gasteiger partial charge in [0.15, 0.2) is 0 Å². The van der Waals surface area contributed by atoms with Gasteiger partial charge in [0.25, 0.3) is 0 Å². The van der Waals surface area contributed by atoms with Crippen LogP contribution >= 0.6 is 0 Å². The number of anilines is 4. The quantitative estimate of drug-likeness (QED) is 0.134. The largest absolute Gasteiger partial charge is 0.314 e. The van der Waals surface area contributed by atoms with Gasteiger partial charge in [0, 0.05) is 40.6 Å². The Bertz CT molecular complexity index is 1740. The highest BCUT2D eigenvalue weighted by Gasteiger charge is 2.20. The monoisotopic (exact) mass is 588 g/mol. The van der Waals surface area contributed by atoms with E-state index < -0.39 is 0 Å². The van der Waals surface area contributed by atoms with Gasteiger partial charge in [-0.05, 0) is 118 Å². The fourth-order valence-corrected chi connectivity index (χ4v) is 5.73. The molecule has 0 saturated carbocycles. The summed E-state index contributed by atoms with van der Waals surface area (Å²) in [6, 6.07) is 39.0. The van der Waals surface area contributed by atoms with Crippen LogP contribution in [0.3, 0.4) is 0 Å². The van der Waals surface area contributed by atoms with Crippen molar-refractivity contribution in [3.8, 4) is 11.1 Å². The summed E-state index contributed by atoms with van der Waals surface area (Å²) in [6.07, 6.45) is 17.4. The minimum atomic E-state index is 0.867. The van der Waals surface area contributed by atoms with Crippen LogP contribution in [-0.2, 0) is 0 Å². The van der Waals surface area contributed by atoms with Gasteiger partial charge >= 0.3 is 0 Å². The van der Waals surface area contributed by atoms with Crippen molar-refractivity contribution >= 4 is 22.7 Å². The molecule has 1 aliphatic rings. The molecule has 0 aromatic heterocycles. The summed E-state index contributed by atoms with van der Waals surface area (Å²) in [5, 5.41) is 0. The minimum Gasteiger partial charge on any atom is -0.314 e. The second kappa shape index (κ2) is 15.1. The Morgan fingerprint density at radius 3 is 1.80 bits per heavy atom. The van der Waals surface area contributed by atoms with E-state index in [1.807, 2.05) is 0 Å². The maximum atomic E-state index is 2.44. The van der Waals surface area contributed by atoms with Crippen LogP contribution in [0.2, 0.25) is 0 Å². The average Bonchev–Trinajstić information content (AvgIpc) is 3.26. The van der Waals surface area contributed by atoms with Gasteiger partial charge in [-0.3, -0.25) is 0 Å². The molecule has 0 spiro atoms. The molecule has 0 amide bonds. The Morgan fingerprint density at radius 2 is 1.20 bits per heavy atom. The van der Waals surface area contributed by atoms with Gasteiger partial charge in [-0.15, -0.1) is 0 Å². The molecule has 226 valence electrons. The van der Waals surface area contributed by atoms with Gasteiger partial charge in [-0.2, -0.15) is 0 Å². The molecule has 0 aliphatic heterocycles. The first kappa shape index (κ1) is 31.3. The summed E-state index contributed by atoms with van der Waals surface area (Å²) in [7, 11) is 0. The number of hydrogen-bond acceptors (Lipinski definition) is 2. The fourth-order valence-electron chi connectivity index (χ4n) is 5.73. The molecule has 4 aromatic rings. The van der Waals surface area contributed by atoms with Crippen LogP contribution in [0.5, 0.6) is 0 Å². The summed E-state index contributed by atoms with van der Waals surface area (Å²) in [5.41, 5.74) is 13.3. The van der Waals surface area contributed by atoms with Crippen LogP contribution < -0.4 is 9.80 Å². The van der Waals surface area contributed by atoms with Gasteiger partial charge in [-0.1, -0.05) is 103 Å². The van der Waals surface area contributed by atoms with Crippen LogP contribution in [0.1, 0.15) is 47.5 Å². The van der Waals surface area contributed by atoms with Crippen LogP contribution in [0.25, 0.3) is 11.1 Å². The molecular weight excluding hydrogens is 544 g/mol. The van der Waals surface area contributed by atoms with Crippen molar-refractivity contribution in [1.29, 1.82) is 0 Å². The van der Waals surface area contributed by atoms with E-state index in [0.717, 1.165) is 35.6 Å². The van der Waals surface area contributed by atoms with Crippen molar-refractivity contribution in [2.45, 2.75) is 47.5 Å². The second-order valence-corrected chi connectivity index (χ2v) is 11.5. The molecule has 0 fully saturated rings. The van der Waals surface area contributed by atoms with E-state index in [9.17, 15) is 0 Å². The predicted octanol–water partition coefficient (Wildman–Crippen LogP) is 12.6. The van der Waals surface area contributed by atoms with E-state index in [2.05, 4.69) is 196 Å². The molecule has 0 heterocycles. The summed E-state index contributed by atoms with van der Waals surface area (Å²) >= 11 is 0. The highest BCUT2D eigenvalue weighted by Crippen LogP contribution is 2.38. The molecule has 2 nitrogen and oxygen atoms in total. The lowest BCUT2D eigenvalue weighted by molar-refractivity contribution is 0.992. The highest BCUT2D eigenvalue weighted by molar-refractivity contribution is 5.79. The number of hydrogen-bond donors (Lipinski definition) is 0. The maximum absolute atomic E-state index is 2.44. The van der Waals surface area contributed by atoms with E-state index in [1.165, 1.54) is 39.2 Å². The van der Waals surface area contributed by atoms with Gasteiger partial charge in [-0.25, -0.2) is 0 Å². The molecule has 2 heteroatoms. The Hall–Kier alpha value is -5.08. The van der Waals surface area contributed by atoms with Gasteiger partial charge < -0.3 is 9.80 Å². The molecule has 1 aliphatic carbocycles. The van der Waals surface area contributed by atoms with E-state index in [1.54, 1.807) is 0 Å². The summed E-state index contributed by atoms with van der Waals surface area (Å²) in [6.45, 7) is 10.8. The van der Waals surface area contributed by atoms with Crippen molar-refractivity contribution in [2.75, 3.05) is 9.80 Å². The Labute approximate surface area is 270 Å². The lowest BCUT2D eigenvalue weighted by atomic mass is 10.0. The first-order valence-electron chi connectivity index (χ1n) is 15.9. The number of benzene rings is 4. The average molecular weight is 589 g/mol. The smallest absolute Gasteiger partial charge is 0.0463 e. The fraction of sp³-hybridized carbons (Fsp3) is 0.163. The zero-order valence-electron chi connectivity index (χ0n) is 27.2. The van der Waals surface area contributed by atoms with Crippen LogP contribution in [0.15, 0.2) is 180 Å². The zero-order chi connectivity index (χ0) is 31.6. The van der Waals surface area contributed by atoms with E-state index in [-0.39, 0.29) is 0 Å². The highest BCUT2D eigenvalue weighted by atomic mass is 15.2. The predicted molar refractivity (Wildman–Crippen MR) is 196 cm³/mol. The summed E-state index contributed by atoms with van der Waals surface area (Å²) < 4.78 is 0. The van der Waals surface area contributed by atoms with Crippen molar-refractivity contribution in [1.82, 2.24) is 0 Å². The lowest BCUT2D eigenvalue weighted by Crippen LogP contribution is -2.23. The molecular formula is C43H44N2. The molecule has 0 N–H and O–H groups in total. The van der Waals surface area contributed by atoms with E-state index in [0.29, 0.717) is 0 Å². The van der Waals surface area contributed by atoms with Crippen molar-refractivity contribution < 1.29 is 0 Å².